The minimum absolute atomic E-state index is 0.0586. The third-order valence-electron chi connectivity index (χ3n) is 2.59. The Hall–Kier alpha value is -0.490. The van der Waals surface area contributed by atoms with E-state index in [0.717, 1.165) is 23.2 Å². The van der Waals surface area contributed by atoms with Crippen LogP contribution in [0.3, 0.4) is 0 Å². The molecule has 0 saturated carbocycles. The number of hydrogen-bond donors (Lipinski definition) is 2. The number of hydrazine groups is 1. The standard InChI is InChI=1S/C11H18BrN3O/c1-8(5-6-16-2)11(15-13)10-4-3-9(12)7-14-10/h3-4,7-8,11,15H,5-6,13H2,1-2H3. The summed E-state index contributed by atoms with van der Waals surface area (Å²) in [5, 5.41) is 0. The van der Waals surface area contributed by atoms with Crippen LogP contribution in [0.5, 0.6) is 0 Å². The van der Waals surface area contributed by atoms with Gasteiger partial charge in [-0.3, -0.25) is 16.3 Å². The largest absolute Gasteiger partial charge is 0.385 e. The molecule has 0 aliphatic rings. The lowest BCUT2D eigenvalue weighted by atomic mass is 9.96. The molecule has 0 aliphatic heterocycles. The van der Waals surface area contributed by atoms with Crippen LogP contribution in [-0.4, -0.2) is 18.7 Å². The van der Waals surface area contributed by atoms with Gasteiger partial charge in [-0.15, -0.1) is 0 Å². The molecule has 0 saturated heterocycles. The van der Waals surface area contributed by atoms with Crippen LogP contribution in [0.2, 0.25) is 0 Å². The second-order valence-corrected chi connectivity index (χ2v) is 4.72. The fraction of sp³-hybridized carbons (Fsp3) is 0.545. The first kappa shape index (κ1) is 13.6. The number of aromatic nitrogens is 1. The van der Waals surface area contributed by atoms with Gasteiger partial charge in [0.1, 0.15) is 0 Å². The zero-order valence-electron chi connectivity index (χ0n) is 9.61. The molecule has 2 unspecified atom stereocenters. The SMILES string of the molecule is COCCC(C)C(NN)c1ccc(Br)cn1. The molecular formula is C11H18BrN3O. The second-order valence-electron chi connectivity index (χ2n) is 3.80. The van der Waals surface area contributed by atoms with E-state index in [2.05, 4.69) is 33.3 Å². The zero-order valence-corrected chi connectivity index (χ0v) is 11.2. The van der Waals surface area contributed by atoms with Crippen LogP contribution in [0.4, 0.5) is 0 Å². The van der Waals surface area contributed by atoms with Gasteiger partial charge in [-0.1, -0.05) is 6.92 Å². The molecule has 0 bridgehead atoms. The molecule has 1 heterocycles. The molecule has 0 radical (unpaired) electrons. The number of nitrogens with one attached hydrogen (secondary N) is 1. The van der Waals surface area contributed by atoms with Gasteiger partial charge in [0, 0.05) is 24.4 Å². The van der Waals surface area contributed by atoms with Gasteiger partial charge < -0.3 is 4.74 Å². The maximum Gasteiger partial charge on any atom is 0.0658 e. The number of hydrogen-bond acceptors (Lipinski definition) is 4. The van der Waals surface area contributed by atoms with E-state index in [1.807, 2.05) is 12.1 Å². The van der Waals surface area contributed by atoms with Gasteiger partial charge in [-0.05, 0) is 40.4 Å². The van der Waals surface area contributed by atoms with Crippen LogP contribution in [0.1, 0.15) is 25.1 Å². The summed E-state index contributed by atoms with van der Waals surface area (Å²) < 4.78 is 6.03. The molecular weight excluding hydrogens is 270 g/mol. The molecule has 1 aromatic heterocycles. The Morgan fingerprint density at radius 3 is 2.81 bits per heavy atom. The monoisotopic (exact) mass is 287 g/mol. The lowest BCUT2D eigenvalue weighted by Gasteiger charge is -2.22. The summed E-state index contributed by atoms with van der Waals surface area (Å²) in [5.41, 5.74) is 3.77. The molecule has 0 amide bonds. The molecule has 0 aromatic carbocycles. The highest BCUT2D eigenvalue weighted by molar-refractivity contribution is 9.10. The van der Waals surface area contributed by atoms with Gasteiger partial charge in [-0.25, -0.2) is 0 Å². The predicted octanol–water partition coefficient (Wildman–Crippen LogP) is 2.02. The van der Waals surface area contributed by atoms with Crippen LogP contribution in [0, 0.1) is 5.92 Å². The number of nitrogens with zero attached hydrogens (tertiary/aromatic N) is 1. The first-order chi connectivity index (χ1) is 7.69. The first-order valence-electron chi connectivity index (χ1n) is 5.25. The van der Waals surface area contributed by atoms with Crippen molar-refractivity contribution < 1.29 is 4.74 Å². The van der Waals surface area contributed by atoms with Crippen molar-refractivity contribution >= 4 is 15.9 Å². The summed E-state index contributed by atoms with van der Waals surface area (Å²) in [5.74, 6) is 5.95. The summed E-state index contributed by atoms with van der Waals surface area (Å²) in [6.45, 7) is 2.86. The van der Waals surface area contributed by atoms with Crippen LogP contribution in [-0.2, 0) is 4.74 Å². The topological polar surface area (TPSA) is 60.2 Å². The number of ether oxygens (including phenoxy) is 1. The minimum atomic E-state index is 0.0586. The van der Waals surface area contributed by atoms with E-state index in [1.165, 1.54) is 0 Å². The molecule has 1 rings (SSSR count). The highest BCUT2D eigenvalue weighted by atomic mass is 79.9. The van der Waals surface area contributed by atoms with Crippen LogP contribution in [0.25, 0.3) is 0 Å². The Morgan fingerprint density at radius 2 is 2.31 bits per heavy atom. The van der Waals surface area contributed by atoms with E-state index in [1.54, 1.807) is 13.3 Å². The molecule has 0 spiro atoms. The van der Waals surface area contributed by atoms with Crippen molar-refractivity contribution in [1.82, 2.24) is 10.4 Å². The van der Waals surface area contributed by atoms with E-state index < -0.39 is 0 Å². The molecule has 0 fully saturated rings. The fourth-order valence-electron chi connectivity index (χ4n) is 1.58. The van der Waals surface area contributed by atoms with E-state index in [9.17, 15) is 0 Å². The lowest BCUT2D eigenvalue weighted by molar-refractivity contribution is 0.169. The van der Waals surface area contributed by atoms with Gasteiger partial charge in [0.25, 0.3) is 0 Å². The van der Waals surface area contributed by atoms with E-state index in [0.29, 0.717) is 5.92 Å². The Morgan fingerprint density at radius 1 is 1.56 bits per heavy atom. The van der Waals surface area contributed by atoms with Crippen molar-refractivity contribution in [3.63, 3.8) is 0 Å². The highest BCUT2D eigenvalue weighted by Crippen LogP contribution is 2.23. The number of pyridine rings is 1. The Labute approximate surface area is 105 Å². The zero-order chi connectivity index (χ0) is 12.0. The van der Waals surface area contributed by atoms with Crippen molar-refractivity contribution in [3.8, 4) is 0 Å². The predicted molar refractivity (Wildman–Crippen MR) is 67.7 cm³/mol. The summed E-state index contributed by atoms with van der Waals surface area (Å²) in [4.78, 5) is 4.35. The molecule has 3 N–H and O–H groups in total. The minimum Gasteiger partial charge on any atom is -0.385 e. The number of nitrogens with two attached hydrogens (primary N) is 1. The van der Waals surface area contributed by atoms with E-state index >= 15 is 0 Å². The third-order valence-corrected chi connectivity index (χ3v) is 3.06. The van der Waals surface area contributed by atoms with Gasteiger partial charge >= 0.3 is 0 Å². The molecule has 4 nitrogen and oxygen atoms in total. The van der Waals surface area contributed by atoms with Crippen molar-refractivity contribution in [1.29, 1.82) is 0 Å². The maximum absolute atomic E-state index is 5.57. The Bertz CT molecular complexity index is 305. The summed E-state index contributed by atoms with van der Waals surface area (Å²) in [6.07, 6.45) is 2.73. The molecule has 5 heteroatoms. The highest BCUT2D eigenvalue weighted by Gasteiger charge is 2.18. The second kappa shape index (κ2) is 6.96. The number of rotatable bonds is 6. The van der Waals surface area contributed by atoms with Crippen LogP contribution in [0.15, 0.2) is 22.8 Å². The molecule has 2 atom stereocenters. The summed E-state index contributed by atoms with van der Waals surface area (Å²) in [6, 6.07) is 4.00. The molecule has 16 heavy (non-hydrogen) atoms. The van der Waals surface area contributed by atoms with Crippen LogP contribution < -0.4 is 11.3 Å². The maximum atomic E-state index is 5.57. The normalized spacial score (nSPS) is 14.8. The van der Waals surface area contributed by atoms with Gasteiger partial charge in [0.15, 0.2) is 0 Å². The molecule has 1 aromatic rings. The van der Waals surface area contributed by atoms with Gasteiger partial charge in [0.2, 0.25) is 0 Å². The first-order valence-corrected chi connectivity index (χ1v) is 6.05. The smallest absolute Gasteiger partial charge is 0.0658 e. The third kappa shape index (κ3) is 3.83. The average molecular weight is 288 g/mol. The summed E-state index contributed by atoms with van der Waals surface area (Å²) in [7, 11) is 1.70. The Balaban J connectivity index is 2.69. The van der Waals surface area contributed by atoms with Crippen molar-refractivity contribution in [2.45, 2.75) is 19.4 Å². The van der Waals surface area contributed by atoms with Crippen molar-refractivity contribution in [3.05, 3.63) is 28.5 Å². The van der Waals surface area contributed by atoms with Gasteiger partial charge in [-0.2, -0.15) is 0 Å². The molecule has 90 valence electrons. The van der Waals surface area contributed by atoms with Crippen molar-refractivity contribution in [2.24, 2.45) is 11.8 Å². The quantitative estimate of drug-likeness (QED) is 0.621. The fourth-order valence-corrected chi connectivity index (χ4v) is 1.82. The molecule has 0 aliphatic carbocycles. The van der Waals surface area contributed by atoms with E-state index in [-0.39, 0.29) is 6.04 Å². The van der Waals surface area contributed by atoms with Gasteiger partial charge in [0.05, 0.1) is 11.7 Å². The average Bonchev–Trinajstić information content (AvgIpc) is 2.30. The number of halogens is 1. The van der Waals surface area contributed by atoms with E-state index in [4.69, 9.17) is 10.6 Å². The lowest BCUT2D eigenvalue weighted by Crippen LogP contribution is -2.33. The number of methoxy groups -OCH3 is 1. The van der Waals surface area contributed by atoms with Crippen molar-refractivity contribution in [2.75, 3.05) is 13.7 Å². The summed E-state index contributed by atoms with van der Waals surface area (Å²) >= 11 is 3.36. The van der Waals surface area contributed by atoms with Crippen LogP contribution >= 0.6 is 15.9 Å². The Kier molecular flexibility index (Phi) is 5.90.